The van der Waals surface area contributed by atoms with Gasteiger partial charge in [0.25, 0.3) is 0 Å². The quantitative estimate of drug-likeness (QED) is 0.658. The van der Waals surface area contributed by atoms with Crippen molar-refractivity contribution >= 4 is 5.82 Å². The van der Waals surface area contributed by atoms with Crippen molar-refractivity contribution in [3.05, 3.63) is 18.1 Å². The van der Waals surface area contributed by atoms with Gasteiger partial charge in [-0.25, -0.2) is 4.98 Å². The minimum atomic E-state index is 0.0685. The molecule has 3 heteroatoms. The summed E-state index contributed by atoms with van der Waals surface area (Å²) in [5.74, 6) is 0.910. The lowest BCUT2D eigenvalue weighted by Gasteiger charge is -2.19. The van der Waals surface area contributed by atoms with Crippen LogP contribution in [-0.2, 0) is 5.41 Å². The summed E-state index contributed by atoms with van der Waals surface area (Å²) in [6.45, 7) is 6.41. The van der Waals surface area contributed by atoms with E-state index >= 15 is 0 Å². The average molecular weight is 179 g/mol. The van der Waals surface area contributed by atoms with Gasteiger partial charge in [0.05, 0.1) is 11.9 Å². The lowest BCUT2D eigenvalue weighted by Crippen LogP contribution is -2.18. The standard InChI is InChI=1S/C10H17N3/c1-10(2,3)8-6-11-7-9(12-8)13(4)5/h6-7H,1-5H3. The van der Waals surface area contributed by atoms with Crippen molar-refractivity contribution in [2.75, 3.05) is 19.0 Å². The topological polar surface area (TPSA) is 29.0 Å². The molecule has 1 rings (SSSR count). The zero-order valence-corrected chi connectivity index (χ0v) is 9.00. The Hall–Kier alpha value is -1.12. The van der Waals surface area contributed by atoms with Crippen LogP contribution in [0.25, 0.3) is 0 Å². The van der Waals surface area contributed by atoms with Gasteiger partial charge in [-0.1, -0.05) is 20.8 Å². The van der Waals surface area contributed by atoms with Crippen LogP contribution in [0.2, 0.25) is 0 Å². The summed E-state index contributed by atoms with van der Waals surface area (Å²) in [5.41, 5.74) is 1.10. The maximum Gasteiger partial charge on any atom is 0.146 e. The van der Waals surface area contributed by atoms with Crippen LogP contribution in [0.4, 0.5) is 5.82 Å². The second kappa shape index (κ2) is 3.32. The largest absolute Gasteiger partial charge is 0.361 e. The second-order valence-corrected chi connectivity index (χ2v) is 4.41. The summed E-state index contributed by atoms with van der Waals surface area (Å²) in [6.07, 6.45) is 3.60. The lowest BCUT2D eigenvalue weighted by molar-refractivity contribution is 0.565. The molecule has 0 saturated carbocycles. The van der Waals surface area contributed by atoms with Gasteiger partial charge in [-0.15, -0.1) is 0 Å². The highest BCUT2D eigenvalue weighted by Gasteiger charge is 2.16. The molecule has 0 aliphatic rings. The minimum absolute atomic E-state index is 0.0685. The summed E-state index contributed by atoms with van der Waals surface area (Å²) in [7, 11) is 3.94. The molecule has 0 aliphatic heterocycles. The Kier molecular flexibility index (Phi) is 2.55. The maximum absolute atomic E-state index is 4.51. The SMILES string of the molecule is CN(C)c1cncc(C(C)(C)C)n1. The molecular formula is C10H17N3. The third kappa shape index (κ3) is 2.41. The summed E-state index contributed by atoms with van der Waals surface area (Å²) < 4.78 is 0. The molecule has 0 aliphatic carbocycles. The number of hydrogen-bond donors (Lipinski definition) is 0. The predicted molar refractivity (Wildman–Crippen MR) is 55.1 cm³/mol. The van der Waals surface area contributed by atoms with Crippen LogP contribution >= 0.6 is 0 Å². The van der Waals surface area contributed by atoms with Crippen LogP contribution in [0.15, 0.2) is 12.4 Å². The smallest absolute Gasteiger partial charge is 0.146 e. The van der Waals surface area contributed by atoms with Crippen LogP contribution in [0.1, 0.15) is 26.5 Å². The Labute approximate surface area is 79.8 Å². The molecule has 0 atom stereocenters. The molecular weight excluding hydrogens is 162 g/mol. The molecule has 0 radical (unpaired) electrons. The Morgan fingerprint density at radius 3 is 2.23 bits per heavy atom. The molecule has 13 heavy (non-hydrogen) atoms. The van der Waals surface area contributed by atoms with E-state index in [-0.39, 0.29) is 5.41 Å². The highest BCUT2D eigenvalue weighted by atomic mass is 15.1. The molecule has 1 heterocycles. The van der Waals surface area contributed by atoms with E-state index in [1.165, 1.54) is 0 Å². The van der Waals surface area contributed by atoms with E-state index in [0.717, 1.165) is 11.5 Å². The van der Waals surface area contributed by atoms with Gasteiger partial charge in [0.2, 0.25) is 0 Å². The third-order valence-corrected chi connectivity index (χ3v) is 1.85. The predicted octanol–water partition coefficient (Wildman–Crippen LogP) is 1.84. The van der Waals surface area contributed by atoms with Gasteiger partial charge in [-0.2, -0.15) is 0 Å². The molecule has 0 spiro atoms. The molecule has 0 amide bonds. The van der Waals surface area contributed by atoms with Crippen molar-refractivity contribution in [1.29, 1.82) is 0 Å². The van der Waals surface area contributed by atoms with Gasteiger partial charge in [-0.3, -0.25) is 4.98 Å². The first-order valence-electron chi connectivity index (χ1n) is 4.41. The van der Waals surface area contributed by atoms with Gasteiger partial charge in [-0.05, 0) is 0 Å². The normalized spacial score (nSPS) is 11.5. The van der Waals surface area contributed by atoms with Crippen LogP contribution in [0.3, 0.4) is 0 Å². The lowest BCUT2D eigenvalue weighted by atomic mass is 9.93. The first-order chi connectivity index (χ1) is 5.91. The second-order valence-electron chi connectivity index (χ2n) is 4.41. The Morgan fingerprint density at radius 1 is 1.15 bits per heavy atom. The maximum atomic E-state index is 4.51. The van der Waals surface area contributed by atoms with E-state index in [4.69, 9.17) is 0 Å². The van der Waals surface area contributed by atoms with Gasteiger partial charge < -0.3 is 4.90 Å². The molecule has 1 aromatic heterocycles. The average Bonchev–Trinajstić information content (AvgIpc) is 2.03. The fraction of sp³-hybridized carbons (Fsp3) is 0.600. The highest BCUT2D eigenvalue weighted by Crippen LogP contribution is 2.20. The number of rotatable bonds is 1. The van der Waals surface area contributed by atoms with Crippen molar-refractivity contribution in [3.63, 3.8) is 0 Å². The van der Waals surface area contributed by atoms with Crippen molar-refractivity contribution in [2.24, 2.45) is 0 Å². The van der Waals surface area contributed by atoms with Crippen LogP contribution < -0.4 is 4.90 Å². The fourth-order valence-corrected chi connectivity index (χ4v) is 0.933. The number of nitrogens with zero attached hydrogens (tertiary/aromatic N) is 3. The van der Waals surface area contributed by atoms with E-state index in [1.54, 1.807) is 6.20 Å². The Balaban J connectivity index is 3.06. The van der Waals surface area contributed by atoms with Gasteiger partial charge >= 0.3 is 0 Å². The summed E-state index contributed by atoms with van der Waals surface area (Å²) >= 11 is 0. The van der Waals surface area contributed by atoms with E-state index < -0.39 is 0 Å². The van der Waals surface area contributed by atoms with Crippen LogP contribution in [0, 0.1) is 0 Å². The number of aromatic nitrogens is 2. The molecule has 0 N–H and O–H groups in total. The number of anilines is 1. The third-order valence-electron chi connectivity index (χ3n) is 1.85. The van der Waals surface area contributed by atoms with E-state index in [2.05, 4.69) is 30.7 Å². The fourth-order valence-electron chi connectivity index (χ4n) is 0.933. The van der Waals surface area contributed by atoms with Crippen LogP contribution in [0.5, 0.6) is 0 Å². The molecule has 0 saturated heterocycles. The zero-order chi connectivity index (χ0) is 10.1. The molecule has 0 bridgehead atoms. The molecule has 1 aromatic rings. The van der Waals surface area contributed by atoms with Crippen molar-refractivity contribution in [2.45, 2.75) is 26.2 Å². The molecule has 0 unspecified atom stereocenters. The van der Waals surface area contributed by atoms with Crippen molar-refractivity contribution in [3.8, 4) is 0 Å². The van der Waals surface area contributed by atoms with Crippen molar-refractivity contribution in [1.82, 2.24) is 9.97 Å². The Morgan fingerprint density at radius 2 is 1.77 bits per heavy atom. The van der Waals surface area contributed by atoms with Gasteiger partial charge in [0.1, 0.15) is 5.82 Å². The van der Waals surface area contributed by atoms with Gasteiger partial charge in [0, 0.05) is 25.7 Å². The molecule has 72 valence electrons. The summed E-state index contributed by atoms with van der Waals surface area (Å²) in [4.78, 5) is 10.6. The summed E-state index contributed by atoms with van der Waals surface area (Å²) in [6, 6.07) is 0. The molecule has 0 aromatic carbocycles. The number of hydrogen-bond acceptors (Lipinski definition) is 3. The van der Waals surface area contributed by atoms with E-state index in [1.807, 2.05) is 25.2 Å². The molecule has 0 fully saturated rings. The zero-order valence-electron chi connectivity index (χ0n) is 9.00. The highest BCUT2D eigenvalue weighted by molar-refractivity contribution is 5.34. The Bertz CT molecular complexity index is 286. The molecule has 3 nitrogen and oxygen atoms in total. The summed E-state index contributed by atoms with van der Waals surface area (Å²) in [5, 5.41) is 0. The monoisotopic (exact) mass is 179 g/mol. The first kappa shape index (κ1) is 9.96. The van der Waals surface area contributed by atoms with Gasteiger partial charge in [0.15, 0.2) is 0 Å². The van der Waals surface area contributed by atoms with Crippen LogP contribution in [-0.4, -0.2) is 24.1 Å². The minimum Gasteiger partial charge on any atom is -0.361 e. The van der Waals surface area contributed by atoms with E-state index in [9.17, 15) is 0 Å². The van der Waals surface area contributed by atoms with E-state index in [0.29, 0.717) is 0 Å². The van der Waals surface area contributed by atoms with Crippen molar-refractivity contribution < 1.29 is 0 Å². The first-order valence-corrected chi connectivity index (χ1v) is 4.41.